The Kier molecular flexibility index (Phi) is 2.02. The highest BCUT2D eigenvalue weighted by molar-refractivity contribution is 5.57. The van der Waals surface area contributed by atoms with Gasteiger partial charge in [0.15, 0.2) is 11.6 Å². The number of nitrogens with one attached hydrogen (secondary N) is 2. The average molecular weight is 180 g/mol. The standard InChI is InChI=1S/C8H12N4O/c1-9-7-5-3-13-4-6(5)8(10-2)12-11-7/h3-4H2,1-2H3,(H,9,11)(H,10,12). The topological polar surface area (TPSA) is 59.1 Å². The summed E-state index contributed by atoms with van der Waals surface area (Å²) in [4.78, 5) is 0. The van der Waals surface area contributed by atoms with Crippen molar-refractivity contribution < 1.29 is 4.74 Å². The molecule has 5 heteroatoms. The molecule has 0 saturated carbocycles. The van der Waals surface area contributed by atoms with Gasteiger partial charge in [-0.3, -0.25) is 0 Å². The molecular weight excluding hydrogens is 168 g/mol. The van der Waals surface area contributed by atoms with E-state index in [2.05, 4.69) is 20.8 Å². The van der Waals surface area contributed by atoms with Crippen LogP contribution in [0.3, 0.4) is 0 Å². The fourth-order valence-electron chi connectivity index (χ4n) is 1.47. The lowest BCUT2D eigenvalue weighted by Gasteiger charge is -2.07. The molecule has 2 rings (SSSR count). The van der Waals surface area contributed by atoms with Crippen molar-refractivity contribution in [1.82, 2.24) is 10.2 Å². The SMILES string of the molecule is CNc1nnc(NC)c2c1COC2. The predicted octanol–water partition coefficient (Wildman–Crippen LogP) is 0.590. The molecule has 0 unspecified atom stereocenters. The van der Waals surface area contributed by atoms with E-state index >= 15 is 0 Å². The Morgan fingerprint density at radius 1 is 1.00 bits per heavy atom. The van der Waals surface area contributed by atoms with E-state index in [1.54, 1.807) is 0 Å². The molecule has 0 aliphatic carbocycles. The Hall–Kier alpha value is -1.36. The largest absolute Gasteiger partial charge is 0.372 e. The van der Waals surface area contributed by atoms with Gasteiger partial charge in [-0.1, -0.05) is 0 Å². The molecule has 1 aliphatic heterocycles. The van der Waals surface area contributed by atoms with Crippen LogP contribution in [0.4, 0.5) is 11.6 Å². The van der Waals surface area contributed by atoms with E-state index in [0.29, 0.717) is 13.2 Å². The van der Waals surface area contributed by atoms with E-state index in [9.17, 15) is 0 Å². The number of nitrogens with zero attached hydrogens (tertiary/aromatic N) is 2. The quantitative estimate of drug-likeness (QED) is 0.697. The highest BCUT2D eigenvalue weighted by atomic mass is 16.5. The minimum atomic E-state index is 0.621. The monoisotopic (exact) mass is 180 g/mol. The number of aromatic nitrogens is 2. The van der Waals surface area contributed by atoms with Gasteiger partial charge in [-0.15, -0.1) is 10.2 Å². The summed E-state index contributed by atoms with van der Waals surface area (Å²) in [5, 5.41) is 14.1. The van der Waals surface area contributed by atoms with Crippen molar-refractivity contribution in [1.29, 1.82) is 0 Å². The minimum Gasteiger partial charge on any atom is -0.372 e. The van der Waals surface area contributed by atoms with Gasteiger partial charge in [-0.05, 0) is 0 Å². The van der Waals surface area contributed by atoms with E-state index in [-0.39, 0.29) is 0 Å². The Bertz CT molecular complexity index is 295. The lowest BCUT2D eigenvalue weighted by atomic mass is 10.2. The third kappa shape index (κ3) is 1.21. The van der Waals surface area contributed by atoms with Gasteiger partial charge in [-0.25, -0.2) is 0 Å². The summed E-state index contributed by atoms with van der Waals surface area (Å²) >= 11 is 0. The molecule has 0 radical (unpaired) electrons. The number of anilines is 2. The van der Waals surface area contributed by atoms with E-state index in [4.69, 9.17) is 4.74 Å². The number of hydrogen-bond donors (Lipinski definition) is 2. The highest BCUT2D eigenvalue weighted by Gasteiger charge is 2.20. The first-order valence-electron chi connectivity index (χ1n) is 4.18. The van der Waals surface area contributed by atoms with E-state index in [1.165, 1.54) is 0 Å². The zero-order chi connectivity index (χ0) is 9.26. The maximum Gasteiger partial charge on any atom is 0.154 e. The molecule has 1 aromatic rings. The fourth-order valence-corrected chi connectivity index (χ4v) is 1.47. The van der Waals surface area contributed by atoms with Crippen LogP contribution < -0.4 is 10.6 Å². The zero-order valence-corrected chi connectivity index (χ0v) is 7.72. The summed E-state index contributed by atoms with van der Waals surface area (Å²) < 4.78 is 5.34. The lowest BCUT2D eigenvalue weighted by molar-refractivity contribution is 0.135. The molecule has 5 nitrogen and oxygen atoms in total. The third-order valence-electron chi connectivity index (χ3n) is 2.15. The molecule has 13 heavy (non-hydrogen) atoms. The molecule has 2 heterocycles. The smallest absolute Gasteiger partial charge is 0.154 e. The van der Waals surface area contributed by atoms with Gasteiger partial charge in [0.2, 0.25) is 0 Å². The van der Waals surface area contributed by atoms with Crippen LogP contribution in [0.25, 0.3) is 0 Å². The molecule has 0 bridgehead atoms. The number of fused-ring (bicyclic) bond motifs is 1. The van der Waals surface area contributed by atoms with Crippen LogP contribution in [-0.2, 0) is 18.0 Å². The second kappa shape index (κ2) is 3.18. The molecule has 0 aromatic carbocycles. The Labute approximate surface area is 76.5 Å². The van der Waals surface area contributed by atoms with Gasteiger partial charge in [-0.2, -0.15) is 0 Å². The molecule has 2 N–H and O–H groups in total. The van der Waals surface area contributed by atoms with Crippen LogP contribution in [0.2, 0.25) is 0 Å². The summed E-state index contributed by atoms with van der Waals surface area (Å²) in [6, 6.07) is 0. The van der Waals surface area contributed by atoms with Gasteiger partial charge in [0, 0.05) is 25.2 Å². The van der Waals surface area contributed by atoms with Gasteiger partial charge in [0.05, 0.1) is 13.2 Å². The molecule has 0 saturated heterocycles. The molecule has 70 valence electrons. The van der Waals surface area contributed by atoms with E-state index in [0.717, 1.165) is 22.8 Å². The van der Waals surface area contributed by atoms with Crippen molar-refractivity contribution in [3.05, 3.63) is 11.1 Å². The summed E-state index contributed by atoms with van der Waals surface area (Å²) in [5.74, 6) is 1.62. The molecule has 1 aliphatic rings. The maximum absolute atomic E-state index is 5.34. The Balaban J connectivity index is 2.52. The number of rotatable bonds is 2. The molecule has 1 aromatic heterocycles. The first kappa shape index (κ1) is 8.25. The van der Waals surface area contributed by atoms with Crippen LogP contribution in [0.15, 0.2) is 0 Å². The lowest BCUT2D eigenvalue weighted by Crippen LogP contribution is -2.05. The van der Waals surface area contributed by atoms with Crippen LogP contribution in [0, 0.1) is 0 Å². The van der Waals surface area contributed by atoms with Gasteiger partial charge in [0.1, 0.15) is 0 Å². The van der Waals surface area contributed by atoms with Crippen molar-refractivity contribution in [2.45, 2.75) is 13.2 Å². The molecule has 0 atom stereocenters. The van der Waals surface area contributed by atoms with Crippen molar-refractivity contribution in [2.75, 3.05) is 24.7 Å². The van der Waals surface area contributed by atoms with Gasteiger partial charge in [0.25, 0.3) is 0 Å². The second-order valence-electron chi connectivity index (χ2n) is 2.85. The van der Waals surface area contributed by atoms with Crippen molar-refractivity contribution in [3.8, 4) is 0 Å². The van der Waals surface area contributed by atoms with Crippen LogP contribution in [0.1, 0.15) is 11.1 Å². The average Bonchev–Trinajstić information content (AvgIpc) is 2.64. The summed E-state index contributed by atoms with van der Waals surface area (Å²) in [7, 11) is 3.67. The summed E-state index contributed by atoms with van der Waals surface area (Å²) in [5.41, 5.74) is 2.23. The first-order valence-corrected chi connectivity index (χ1v) is 4.18. The Morgan fingerprint density at radius 2 is 1.46 bits per heavy atom. The normalized spacial score (nSPS) is 14.0. The third-order valence-corrected chi connectivity index (χ3v) is 2.15. The van der Waals surface area contributed by atoms with Crippen molar-refractivity contribution >= 4 is 11.6 Å². The minimum absolute atomic E-state index is 0.621. The molecule has 0 fully saturated rings. The van der Waals surface area contributed by atoms with Crippen LogP contribution >= 0.6 is 0 Å². The molecular formula is C8H12N4O. The molecule has 0 amide bonds. The summed E-state index contributed by atoms with van der Waals surface area (Å²) in [6.07, 6.45) is 0. The fraction of sp³-hybridized carbons (Fsp3) is 0.500. The van der Waals surface area contributed by atoms with E-state index in [1.807, 2.05) is 14.1 Å². The zero-order valence-electron chi connectivity index (χ0n) is 7.72. The van der Waals surface area contributed by atoms with E-state index < -0.39 is 0 Å². The second-order valence-corrected chi connectivity index (χ2v) is 2.85. The number of hydrogen-bond acceptors (Lipinski definition) is 5. The molecule has 0 spiro atoms. The highest BCUT2D eigenvalue weighted by Crippen LogP contribution is 2.29. The van der Waals surface area contributed by atoms with Gasteiger partial charge < -0.3 is 15.4 Å². The maximum atomic E-state index is 5.34. The van der Waals surface area contributed by atoms with Crippen LogP contribution in [-0.4, -0.2) is 24.3 Å². The van der Waals surface area contributed by atoms with Crippen LogP contribution in [0.5, 0.6) is 0 Å². The van der Waals surface area contributed by atoms with Crippen molar-refractivity contribution in [3.63, 3.8) is 0 Å². The Morgan fingerprint density at radius 3 is 1.85 bits per heavy atom. The first-order chi connectivity index (χ1) is 6.36. The van der Waals surface area contributed by atoms with Crippen molar-refractivity contribution in [2.24, 2.45) is 0 Å². The summed E-state index contributed by atoms with van der Waals surface area (Å²) in [6.45, 7) is 1.24. The predicted molar refractivity (Wildman–Crippen MR) is 49.6 cm³/mol. The number of ether oxygens (including phenoxy) is 1. The van der Waals surface area contributed by atoms with Gasteiger partial charge >= 0.3 is 0 Å².